The molecule has 1 aromatic heterocycles. The SMILES string of the molecule is CCCCCCCCCCCCSc1ccc2c(-c3ccccc3)c(-c3ccccc3)oc2c1[Si](C)(C)C. The van der Waals surface area contributed by atoms with Gasteiger partial charge in [0.25, 0.3) is 0 Å². The van der Waals surface area contributed by atoms with E-state index >= 15 is 0 Å². The monoisotopic (exact) mass is 542 g/mol. The van der Waals surface area contributed by atoms with Crippen LogP contribution in [0.1, 0.15) is 71.1 Å². The average molecular weight is 543 g/mol. The Balaban J connectivity index is 1.52. The second kappa shape index (κ2) is 14.2. The number of hydrogen-bond donors (Lipinski definition) is 0. The summed E-state index contributed by atoms with van der Waals surface area (Å²) in [7, 11) is -1.67. The van der Waals surface area contributed by atoms with E-state index in [0.717, 1.165) is 16.9 Å². The highest BCUT2D eigenvalue weighted by molar-refractivity contribution is 7.99. The van der Waals surface area contributed by atoms with Crippen LogP contribution >= 0.6 is 11.8 Å². The van der Waals surface area contributed by atoms with Crippen LogP contribution in [0.25, 0.3) is 33.4 Å². The molecule has 0 atom stereocenters. The minimum atomic E-state index is -1.67. The van der Waals surface area contributed by atoms with Crippen molar-refractivity contribution in [3.8, 4) is 22.5 Å². The first-order chi connectivity index (χ1) is 18.5. The number of thioether (sulfide) groups is 1. The molecule has 3 heteroatoms. The zero-order chi connectivity index (χ0) is 26.8. The second-order valence-electron chi connectivity index (χ2n) is 11.6. The molecule has 1 heterocycles. The lowest BCUT2D eigenvalue weighted by molar-refractivity contribution is 0.563. The van der Waals surface area contributed by atoms with Crippen molar-refractivity contribution in [3.63, 3.8) is 0 Å². The molecule has 0 N–H and O–H groups in total. The maximum absolute atomic E-state index is 6.87. The fourth-order valence-corrected chi connectivity index (χ4v) is 9.22. The van der Waals surface area contributed by atoms with Crippen LogP contribution < -0.4 is 5.19 Å². The molecule has 38 heavy (non-hydrogen) atoms. The standard InChI is InChI=1S/C35H46OSSi/c1-5-6-7-8-9-10-11-12-13-20-27-37-31-26-25-30-32(28-21-16-14-17-22-28)33(29-23-18-15-19-24-29)36-34(30)35(31)38(2,3)4/h14-19,21-26H,5-13,20,27H2,1-4H3. The van der Waals surface area contributed by atoms with Crippen molar-refractivity contribution in [1.82, 2.24) is 0 Å². The molecule has 0 unspecified atom stereocenters. The summed E-state index contributed by atoms with van der Waals surface area (Å²) in [4.78, 5) is 1.43. The van der Waals surface area contributed by atoms with Gasteiger partial charge in [-0.15, -0.1) is 11.8 Å². The van der Waals surface area contributed by atoms with Gasteiger partial charge in [0, 0.05) is 21.4 Å². The van der Waals surface area contributed by atoms with Gasteiger partial charge in [-0.05, 0) is 35.1 Å². The predicted octanol–water partition coefficient (Wildman–Crippen LogP) is 11.3. The Bertz CT molecular complexity index is 1250. The van der Waals surface area contributed by atoms with Crippen molar-refractivity contribution in [3.05, 3.63) is 72.8 Å². The quantitative estimate of drug-likeness (QED) is 0.0841. The van der Waals surface area contributed by atoms with Crippen molar-refractivity contribution in [1.29, 1.82) is 0 Å². The Morgan fingerprint density at radius 3 is 1.76 bits per heavy atom. The third-order valence-electron chi connectivity index (χ3n) is 7.42. The normalized spacial score (nSPS) is 11.9. The van der Waals surface area contributed by atoms with Gasteiger partial charge in [0.2, 0.25) is 0 Å². The molecular weight excluding hydrogens is 497 g/mol. The molecule has 4 rings (SSSR count). The fourth-order valence-electron chi connectivity index (χ4n) is 5.43. The van der Waals surface area contributed by atoms with Crippen LogP contribution in [0, 0.1) is 0 Å². The van der Waals surface area contributed by atoms with Gasteiger partial charge in [0.1, 0.15) is 11.3 Å². The number of fused-ring (bicyclic) bond motifs is 1. The molecule has 0 spiro atoms. The third kappa shape index (κ3) is 7.45. The number of benzene rings is 3. The summed E-state index contributed by atoms with van der Waals surface area (Å²) in [5.41, 5.74) is 4.69. The number of unbranched alkanes of at least 4 members (excludes halogenated alkanes) is 9. The molecule has 0 fully saturated rings. The Morgan fingerprint density at radius 2 is 1.18 bits per heavy atom. The Kier molecular flexibility index (Phi) is 10.8. The summed E-state index contributed by atoms with van der Waals surface area (Å²) in [6.45, 7) is 9.67. The summed E-state index contributed by atoms with van der Waals surface area (Å²) in [6, 6.07) is 26.1. The summed E-state index contributed by atoms with van der Waals surface area (Å²) < 4.78 is 6.87. The summed E-state index contributed by atoms with van der Waals surface area (Å²) in [6.07, 6.45) is 13.9. The number of hydrogen-bond acceptors (Lipinski definition) is 2. The van der Waals surface area contributed by atoms with Crippen molar-refractivity contribution in [2.24, 2.45) is 0 Å². The van der Waals surface area contributed by atoms with Gasteiger partial charge in [-0.1, -0.05) is 145 Å². The largest absolute Gasteiger partial charge is 0.455 e. The Morgan fingerprint density at radius 1 is 0.632 bits per heavy atom. The lowest BCUT2D eigenvalue weighted by atomic mass is 9.99. The maximum atomic E-state index is 6.87. The first kappa shape index (κ1) is 28.8. The molecule has 0 radical (unpaired) electrons. The van der Waals surface area contributed by atoms with Gasteiger partial charge >= 0.3 is 0 Å². The first-order valence-corrected chi connectivity index (χ1v) is 19.3. The molecule has 0 saturated heterocycles. The van der Waals surface area contributed by atoms with Gasteiger partial charge in [-0.2, -0.15) is 0 Å². The second-order valence-corrected chi connectivity index (χ2v) is 17.8. The van der Waals surface area contributed by atoms with E-state index in [0.29, 0.717) is 0 Å². The average Bonchev–Trinajstić information content (AvgIpc) is 3.31. The van der Waals surface area contributed by atoms with E-state index in [2.05, 4.69) is 99.4 Å². The highest BCUT2D eigenvalue weighted by atomic mass is 32.2. The third-order valence-corrected chi connectivity index (χ3v) is 10.7. The van der Waals surface area contributed by atoms with Crippen LogP contribution in [-0.4, -0.2) is 13.8 Å². The van der Waals surface area contributed by atoms with E-state index in [-0.39, 0.29) is 0 Å². The molecule has 4 aromatic rings. The smallest absolute Gasteiger partial charge is 0.143 e. The minimum Gasteiger partial charge on any atom is -0.455 e. The molecule has 0 amide bonds. The molecule has 0 aliphatic rings. The molecule has 3 aromatic carbocycles. The van der Waals surface area contributed by atoms with Gasteiger partial charge in [0.05, 0.1) is 8.07 Å². The van der Waals surface area contributed by atoms with Crippen molar-refractivity contribution < 1.29 is 4.42 Å². The fraction of sp³-hybridized carbons (Fsp3) is 0.429. The van der Waals surface area contributed by atoms with E-state index in [4.69, 9.17) is 4.42 Å². The summed E-state index contributed by atoms with van der Waals surface area (Å²) in [5, 5.41) is 2.72. The predicted molar refractivity (Wildman–Crippen MR) is 173 cm³/mol. The molecule has 0 saturated carbocycles. The van der Waals surface area contributed by atoms with Crippen LogP contribution in [0.5, 0.6) is 0 Å². The molecule has 0 bridgehead atoms. The molecular formula is C35H46OSSi. The van der Waals surface area contributed by atoms with Crippen LogP contribution in [0.4, 0.5) is 0 Å². The number of rotatable bonds is 15. The van der Waals surface area contributed by atoms with Gasteiger partial charge in [-0.25, -0.2) is 0 Å². The summed E-state index contributed by atoms with van der Waals surface area (Å²) in [5.74, 6) is 2.18. The molecule has 202 valence electrons. The zero-order valence-corrected chi connectivity index (χ0v) is 25.8. The van der Waals surface area contributed by atoms with Crippen molar-refractivity contribution in [2.75, 3.05) is 5.75 Å². The van der Waals surface area contributed by atoms with Crippen LogP contribution in [-0.2, 0) is 0 Å². The Hall–Kier alpha value is -2.23. The van der Waals surface area contributed by atoms with Crippen LogP contribution in [0.15, 0.2) is 82.1 Å². The lowest BCUT2D eigenvalue weighted by Crippen LogP contribution is -2.39. The minimum absolute atomic E-state index is 0.989. The van der Waals surface area contributed by atoms with E-state index in [1.54, 1.807) is 0 Å². The van der Waals surface area contributed by atoms with Gasteiger partial charge in [0.15, 0.2) is 0 Å². The highest BCUT2D eigenvalue weighted by Crippen LogP contribution is 2.42. The van der Waals surface area contributed by atoms with Gasteiger partial charge < -0.3 is 4.42 Å². The van der Waals surface area contributed by atoms with E-state index < -0.39 is 8.07 Å². The molecule has 0 aliphatic carbocycles. The van der Waals surface area contributed by atoms with Crippen molar-refractivity contribution >= 4 is 36.0 Å². The van der Waals surface area contributed by atoms with E-state index in [1.807, 2.05) is 11.8 Å². The molecule has 0 aliphatic heterocycles. The highest BCUT2D eigenvalue weighted by Gasteiger charge is 2.28. The lowest BCUT2D eigenvalue weighted by Gasteiger charge is -2.21. The maximum Gasteiger partial charge on any atom is 0.143 e. The zero-order valence-electron chi connectivity index (χ0n) is 24.0. The topological polar surface area (TPSA) is 13.1 Å². The van der Waals surface area contributed by atoms with Gasteiger partial charge in [-0.3, -0.25) is 0 Å². The first-order valence-electron chi connectivity index (χ1n) is 14.8. The van der Waals surface area contributed by atoms with Crippen LogP contribution in [0.3, 0.4) is 0 Å². The van der Waals surface area contributed by atoms with Crippen LogP contribution in [0.2, 0.25) is 19.6 Å². The van der Waals surface area contributed by atoms with E-state index in [1.165, 1.54) is 96.6 Å². The van der Waals surface area contributed by atoms with Crippen molar-refractivity contribution in [2.45, 2.75) is 95.7 Å². The number of furan rings is 1. The molecule has 1 nitrogen and oxygen atoms in total. The Labute approximate surface area is 236 Å². The van der Waals surface area contributed by atoms with E-state index in [9.17, 15) is 0 Å². The summed E-state index contributed by atoms with van der Waals surface area (Å²) >= 11 is 2.05.